The lowest BCUT2D eigenvalue weighted by Gasteiger charge is -2.28. The fraction of sp³-hybridized carbons (Fsp3) is 0.350. The van der Waals surface area contributed by atoms with Gasteiger partial charge in [0.1, 0.15) is 18.4 Å². The Kier molecular flexibility index (Phi) is 6.85. The van der Waals surface area contributed by atoms with Crippen LogP contribution in [0.15, 0.2) is 48.5 Å². The van der Waals surface area contributed by atoms with E-state index in [0.717, 1.165) is 21.9 Å². The van der Waals surface area contributed by atoms with E-state index in [2.05, 4.69) is 5.32 Å². The third-order valence-corrected chi connectivity index (χ3v) is 5.49. The maximum absolute atomic E-state index is 12.4. The fourth-order valence-electron chi connectivity index (χ4n) is 2.68. The van der Waals surface area contributed by atoms with Crippen LogP contribution in [0.3, 0.4) is 0 Å². The molecule has 1 N–H and O–H groups in total. The van der Waals surface area contributed by atoms with Crippen molar-refractivity contribution < 1.29 is 17.9 Å². The number of anilines is 1. The molecule has 0 unspecified atom stereocenters. The minimum absolute atomic E-state index is 0.280. The fourth-order valence-corrected chi connectivity index (χ4v) is 3.85. The van der Waals surface area contributed by atoms with Gasteiger partial charge in [0.25, 0.3) is 0 Å². The van der Waals surface area contributed by atoms with Crippen LogP contribution < -0.4 is 14.4 Å². The van der Waals surface area contributed by atoms with E-state index in [4.69, 9.17) is 4.74 Å². The van der Waals surface area contributed by atoms with Crippen molar-refractivity contribution in [3.05, 3.63) is 59.7 Å². The first-order valence-electron chi connectivity index (χ1n) is 8.72. The lowest BCUT2D eigenvalue weighted by atomic mass is 10.1. The topological polar surface area (TPSA) is 75.7 Å². The molecule has 0 aliphatic rings. The zero-order valence-electron chi connectivity index (χ0n) is 16.1. The van der Waals surface area contributed by atoms with E-state index in [1.807, 2.05) is 32.0 Å². The summed E-state index contributed by atoms with van der Waals surface area (Å²) >= 11 is 0. The van der Waals surface area contributed by atoms with Gasteiger partial charge in [0.15, 0.2) is 0 Å². The molecule has 0 bridgehead atoms. The number of carbonyl (C=O) groups excluding carboxylic acids is 1. The summed E-state index contributed by atoms with van der Waals surface area (Å²) in [6, 6.07) is 13.5. The summed E-state index contributed by atoms with van der Waals surface area (Å²) in [5.74, 6) is 0.357. The Morgan fingerprint density at radius 3 is 2.37 bits per heavy atom. The largest absolute Gasteiger partial charge is 0.492 e. The SMILES string of the molecule is Cc1ccc(OCCNC(=O)[C@H](C)N(c2ccccc2)S(C)(=O)=O)cc1C. The molecule has 1 atom stereocenters. The van der Waals surface area contributed by atoms with Crippen LogP contribution in [-0.4, -0.2) is 39.8 Å². The molecule has 27 heavy (non-hydrogen) atoms. The summed E-state index contributed by atoms with van der Waals surface area (Å²) in [6.45, 7) is 6.18. The maximum atomic E-state index is 12.4. The van der Waals surface area contributed by atoms with Gasteiger partial charge in [-0.15, -0.1) is 0 Å². The standard InChI is InChI=1S/C20H26N2O4S/c1-15-10-11-19(14-16(15)2)26-13-12-21-20(23)17(3)22(27(4,24)25)18-8-6-5-7-9-18/h5-11,14,17H,12-13H2,1-4H3,(H,21,23)/t17-/m0/s1. The number of hydrogen-bond acceptors (Lipinski definition) is 4. The second-order valence-electron chi connectivity index (χ2n) is 6.46. The summed E-state index contributed by atoms with van der Waals surface area (Å²) in [5, 5.41) is 2.73. The van der Waals surface area contributed by atoms with Gasteiger partial charge in [-0.25, -0.2) is 8.42 Å². The van der Waals surface area contributed by atoms with Crippen molar-refractivity contribution in [2.75, 3.05) is 23.7 Å². The molecule has 0 saturated carbocycles. The summed E-state index contributed by atoms with van der Waals surface area (Å²) in [5.41, 5.74) is 2.78. The van der Waals surface area contributed by atoms with E-state index < -0.39 is 16.1 Å². The highest BCUT2D eigenvalue weighted by Crippen LogP contribution is 2.20. The van der Waals surface area contributed by atoms with Crippen LogP contribution >= 0.6 is 0 Å². The first-order valence-corrected chi connectivity index (χ1v) is 10.6. The highest BCUT2D eigenvalue weighted by Gasteiger charge is 2.28. The van der Waals surface area contributed by atoms with Crippen LogP contribution in [0.1, 0.15) is 18.1 Å². The van der Waals surface area contributed by atoms with Crippen molar-refractivity contribution >= 4 is 21.6 Å². The highest BCUT2D eigenvalue weighted by molar-refractivity contribution is 7.92. The van der Waals surface area contributed by atoms with Crippen LogP contribution in [-0.2, 0) is 14.8 Å². The molecule has 0 fully saturated rings. The molecule has 2 aromatic rings. The minimum Gasteiger partial charge on any atom is -0.492 e. The van der Waals surface area contributed by atoms with Crippen LogP contribution in [0.2, 0.25) is 0 Å². The minimum atomic E-state index is -3.60. The van der Waals surface area contributed by atoms with Crippen LogP contribution in [0.4, 0.5) is 5.69 Å². The van der Waals surface area contributed by atoms with E-state index in [-0.39, 0.29) is 12.5 Å². The highest BCUT2D eigenvalue weighted by atomic mass is 32.2. The molecule has 0 radical (unpaired) electrons. The summed E-state index contributed by atoms with van der Waals surface area (Å²) in [4.78, 5) is 12.4. The zero-order valence-corrected chi connectivity index (χ0v) is 16.9. The number of nitrogens with one attached hydrogen (secondary N) is 1. The van der Waals surface area contributed by atoms with Gasteiger partial charge in [0.2, 0.25) is 15.9 Å². The number of carbonyl (C=O) groups is 1. The van der Waals surface area contributed by atoms with Crippen LogP contribution in [0, 0.1) is 13.8 Å². The van der Waals surface area contributed by atoms with Gasteiger partial charge < -0.3 is 10.1 Å². The smallest absolute Gasteiger partial charge is 0.243 e. The Hall–Kier alpha value is -2.54. The quantitative estimate of drug-likeness (QED) is 0.703. The molecule has 0 spiro atoms. The van der Waals surface area contributed by atoms with Gasteiger partial charge in [-0.2, -0.15) is 0 Å². The Morgan fingerprint density at radius 2 is 1.78 bits per heavy atom. The molecule has 7 heteroatoms. The molecular formula is C20H26N2O4S. The summed E-state index contributed by atoms with van der Waals surface area (Å²) in [6.07, 6.45) is 1.09. The molecule has 6 nitrogen and oxygen atoms in total. The van der Waals surface area contributed by atoms with Crippen LogP contribution in [0.25, 0.3) is 0 Å². The third-order valence-electron chi connectivity index (χ3n) is 4.25. The van der Waals surface area contributed by atoms with Gasteiger partial charge in [-0.05, 0) is 56.2 Å². The maximum Gasteiger partial charge on any atom is 0.243 e. The average molecular weight is 391 g/mol. The van der Waals surface area contributed by atoms with Gasteiger partial charge >= 0.3 is 0 Å². The summed E-state index contributed by atoms with van der Waals surface area (Å²) < 4.78 is 31.1. The molecule has 0 aromatic heterocycles. The molecule has 0 heterocycles. The van der Waals surface area contributed by atoms with Gasteiger partial charge in [-0.3, -0.25) is 9.10 Å². The number of amides is 1. The number of hydrogen-bond donors (Lipinski definition) is 1. The van der Waals surface area contributed by atoms with E-state index in [1.165, 1.54) is 5.56 Å². The first-order chi connectivity index (χ1) is 12.7. The average Bonchev–Trinajstić information content (AvgIpc) is 2.61. The molecule has 2 rings (SSSR count). The van der Waals surface area contributed by atoms with Crippen LogP contribution in [0.5, 0.6) is 5.75 Å². The normalized spacial score (nSPS) is 12.3. The Bertz CT molecular complexity index is 882. The van der Waals surface area contributed by atoms with Crippen molar-refractivity contribution in [1.82, 2.24) is 5.32 Å². The van der Waals surface area contributed by atoms with Crippen molar-refractivity contribution in [3.63, 3.8) is 0 Å². The molecular weight excluding hydrogens is 364 g/mol. The molecule has 0 saturated heterocycles. The number of sulfonamides is 1. The molecule has 2 aromatic carbocycles. The Morgan fingerprint density at radius 1 is 1.11 bits per heavy atom. The zero-order chi connectivity index (χ0) is 20.0. The van der Waals surface area contributed by atoms with E-state index in [1.54, 1.807) is 37.3 Å². The van der Waals surface area contributed by atoms with Gasteiger partial charge in [0, 0.05) is 0 Å². The number of nitrogens with zero attached hydrogens (tertiary/aromatic N) is 1. The second kappa shape index (κ2) is 8.90. The predicted octanol–water partition coefficient (Wildman–Crippen LogP) is 2.65. The molecule has 146 valence electrons. The Labute approximate surface area is 161 Å². The Balaban J connectivity index is 1.94. The number of rotatable bonds is 8. The lowest BCUT2D eigenvalue weighted by molar-refractivity contribution is -0.121. The van der Waals surface area contributed by atoms with E-state index >= 15 is 0 Å². The lowest BCUT2D eigenvalue weighted by Crippen LogP contribution is -2.48. The first kappa shape index (κ1) is 20.8. The predicted molar refractivity (Wildman–Crippen MR) is 108 cm³/mol. The number of para-hydroxylation sites is 1. The van der Waals surface area contributed by atoms with Crippen molar-refractivity contribution in [2.24, 2.45) is 0 Å². The molecule has 1 amide bonds. The molecule has 0 aliphatic heterocycles. The monoisotopic (exact) mass is 390 g/mol. The third kappa shape index (κ3) is 5.72. The second-order valence-corrected chi connectivity index (χ2v) is 8.32. The molecule has 0 aliphatic carbocycles. The van der Waals surface area contributed by atoms with Gasteiger partial charge in [0.05, 0.1) is 18.5 Å². The van der Waals surface area contributed by atoms with Crippen molar-refractivity contribution in [2.45, 2.75) is 26.8 Å². The number of benzene rings is 2. The number of ether oxygens (including phenoxy) is 1. The van der Waals surface area contributed by atoms with Gasteiger partial charge in [-0.1, -0.05) is 24.3 Å². The summed E-state index contributed by atoms with van der Waals surface area (Å²) in [7, 11) is -3.60. The van der Waals surface area contributed by atoms with E-state index in [0.29, 0.717) is 12.3 Å². The van der Waals surface area contributed by atoms with E-state index in [9.17, 15) is 13.2 Å². The van der Waals surface area contributed by atoms with Crippen molar-refractivity contribution in [1.29, 1.82) is 0 Å². The number of aryl methyl sites for hydroxylation is 2. The van der Waals surface area contributed by atoms with Crippen molar-refractivity contribution in [3.8, 4) is 5.75 Å².